The van der Waals surface area contributed by atoms with Crippen molar-refractivity contribution in [1.29, 1.82) is 0 Å². The monoisotopic (exact) mass is 1890 g/mol. The van der Waals surface area contributed by atoms with Crippen LogP contribution in [0.15, 0.2) is 304 Å². The zero-order valence-corrected chi connectivity index (χ0v) is 80.3. The van der Waals surface area contributed by atoms with Gasteiger partial charge in [-0.05, 0) is 149 Å². The molecule has 5 heterocycles. The molecule has 0 bridgehead atoms. The summed E-state index contributed by atoms with van der Waals surface area (Å²) in [6.45, 7) is 8.21. The van der Waals surface area contributed by atoms with Crippen molar-refractivity contribution in [2.45, 2.75) is 94.9 Å². The summed E-state index contributed by atoms with van der Waals surface area (Å²) in [6.07, 6.45) is 10.1. The lowest BCUT2D eigenvalue weighted by Gasteiger charge is -2.29. The average Bonchev–Trinajstić information content (AvgIpc) is 1.50. The average molecular weight is 1900 g/mol. The predicted molar refractivity (Wildman–Crippen MR) is 562 cm³/mol. The number of amides is 10. The van der Waals surface area contributed by atoms with Gasteiger partial charge in [0, 0.05) is 182 Å². The lowest BCUT2D eigenvalue weighted by molar-refractivity contribution is -0.126. The summed E-state index contributed by atoms with van der Waals surface area (Å²) >= 11 is 0. The number of carbonyl (C=O) groups excluding carboxylic acids is 8. The molecule has 0 spiro atoms. The van der Waals surface area contributed by atoms with Crippen molar-refractivity contribution in [3.05, 3.63) is 348 Å². The molecule has 10 amide bonds. The zero-order chi connectivity index (χ0) is 98.5. The second kappa shape index (κ2) is 49.2. The number of urea groups is 2. The van der Waals surface area contributed by atoms with E-state index in [0.717, 1.165) is 111 Å². The topological polar surface area (TPSA) is 374 Å². The molecule has 18 rings (SSSR count). The Labute approximate surface area is 821 Å². The van der Waals surface area contributed by atoms with Crippen LogP contribution >= 0.6 is 0 Å². The number of H-pyrrole nitrogens is 3. The first-order valence-corrected chi connectivity index (χ1v) is 48.7. The molecule has 27 nitrogen and oxygen atoms in total. The normalized spacial score (nSPS) is 13.5. The summed E-state index contributed by atoms with van der Waals surface area (Å²) in [5.74, 6) is -0.671. The Balaban J connectivity index is 0.000000142. The SMILES string of the molecule is CCC(Cc1c[nH]c2ccccc12)NC(=O)C(Cc1ccc2ccccc2c1)N1CCN(CCN)C1=O.CN(C(=O)OCCN)C(Cc1ccc2ccccc2c1)C(=O)NCCc1c[nH]c2ccccc12.CN(C(=O)OCCN)C(Cc1ccc2ccccc2c1)C(=O)NCCc1ccc2ccccc2c1.NCCN1CCN(C(Cc2ccc3ccccc3c2)C(=O)NCCc2c[nH]c3ccccc23)C1=O. The number of aromatic amines is 3. The first-order chi connectivity index (χ1) is 68.8. The van der Waals surface area contributed by atoms with Gasteiger partial charge in [0.15, 0.2) is 0 Å². The molecule has 15 N–H and O–H groups in total. The van der Waals surface area contributed by atoms with Crippen LogP contribution < -0.4 is 44.2 Å². The molecule has 141 heavy (non-hydrogen) atoms. The minimum absolute atomic E-state index is 0.0383. The van der Waals surface area contributed by atoms with Crippen molar-refractivity contribution in [3.8, 4) is 0 Å². The predicted octanol–water partition coefficient (Wildman–Crippen LogP) is 15.3. The number of ether oxygens (including phenoxy) is 2. The number of hydrogen-bond acceptors (Lipinski definition) is 14. The summed E-state index contributed by atoms with van der Waals surface area (Å²) in [5.41, 5.74) is 34.2. The number of para-hydroxylation sites is 3. The molecule has 2 saturated heterocycles. The first-order valence-electron chi connectivity index (χ1n) is 48.7. The van der Waals surface area contributed by atoms with Gasteiger partial charge in [-0.1, -0.05) is 274 Å². The Morgan fingerprint density at radius 1 is 0.348 bits per heavy atom. The van der Waals surface area contributed by atoms with E-state index >= 15 is 0 Å². The maximum atomic E-state index is 13.8. The summed E-state index contributed by atoms with van der Waals surface area (Å²) in [6, 6.07) is 93.2. The molecular weight excluding hydrogens is 1770 g/mol. The Morgan fingerprint density at radius 2 is 0.660 bits per heavy atom. The third-order valence-electron chi connectivity index (χ3n) is 26.4. The highest BCUT2D eigenvalue weighted by Gasteiger charge is 2.40. The summed E-state index contributed by atoms with van der Waals surface area (Å²) in [7, 11) is 3.18. The third-order valence-corrected chi connectivity index (χ3v) is 26.4. The number of hydrogen-bond donors (Lipinski definition) is 11. The van der Waals surface area contributed by atoms with E-state index in [2.05, 4.69) is 164 Å². The molecular formula is C114H127N17O10. The number of rotatable bonds is 37. The number of nitrogens with one attached hydrogen (secondary N) is 7. The third kappa shape index (κ3) is 26.0. The number of benzene rings is 13. The Morgan fingerprint density at radius 3 is 1.03 bits per heavy atom. The van der Waals surface area contributed by atoms with E-state index < -0.39 is 36.4 Å². The summed E-state index contributed by atoms with van der Waals surface area (Å²) < 4.78 is 10.4. The maximum absolute atomic E-state index is 13.8. The van der Waals surface area contributed by atoms with Gasteiger partial charge in [0.1, 0.15) is 37.4 Å². The van der Waals surface area contributed by atoms with Crippen LogP contribution in [-0.2, 0) is 80.0 Å². The molecule has 2 aliphatic heterocycles. The van der Waals surface area contributed by atoms with Crippen LogP contribution in [0.2, 0.25) is 0 Å². The van der Waals surface area contributed by atoms with Crippen molar-refractivity contribution < 1.29 is 47.8 Å². The molecule has 0 radical (unpaired) electrons. The zero-order valence-electron chi connectivity index (χ0n) is 80.3. The highest BCUT2D eigenvalue weighted by molar-refractivity contribution is 5.94. The van der Waals surface area contributed by atoms with Crippen molar-refractivity contribution in [2.75, 3.05) is 112 Å². The van der Waals surface area contributed by atoms with Crippen molar-refractivity contribution in [2.24, 2.45) is 22.9 Å². The van der Waals surface area contributed by atoms with Crippen LogP contribution in [0.25, 0.3) is 86.6 Å². The van der Waals surface area contributed by atoms with Crippen LogP contribution in [0.1, 0.15) is 57.9 Å². The quantitative estimate of drug-likeness (QED) is 0.0172. The van der Waals surface area contributed by atoms with Crippen molar-refractivity contribution in [1.82, 2.24) is 65.6 Å². The highest BCUT2D eigenvalue weighted by atomic mass is 16.6. The smallest absolute Gasteiger partial charge is 0.410 e. The lowest BCUT2D eigenvalue weighted by Crippen LogP contribution is -2.52. The Bertz CT molecular complexity index is 7000. The number of nitrogens with zero attached hydrogens (tertiary/aromatic N) is 6. The number of carbonyl (C=O) groups is 8. The van der Waals surface area contributed by atoms with Gasteiger partial charge in [-0.3, -0.25) is 29.0 Å². The Kier molecular flexibility index (Phi) is 34.9. The second-order valence-electron chi connectivity index (χ2n) is 35.8. The van der Waals surface area contributed by atoms with E-state index in [-0.39, 0.29) is 68.0 Å². The fraction of sp³-hybridized carbons (Fsp3) is 0.281. The van der Waals surface area contributed by atoms with E-state index in [9.17, 15) is 38.4 Å². The molecule has 5 unspecified atom stereocenters. The van der Waals surface area contributed by atoms with Gasteiger partial charge in [-0.25, -0.2) is 19.2 Å². The van der Waals surface area contributed by atoms with E-state index in [1.807, 2.05) is 182 Å². The molecule has 728 valence electrons. The fourth-order valence-corrected chi connectivity index (χ4v) is 18.7. The molecule has 27 heteroatoms. The van der Waals surface area contributed by atoms with Gasteiger partial charge in [0.25, 0.3) is 0 Å². The molecule has 13 aromatic carbocycles. The maximum Gasteiger partial charge on any atom is 0.410 e. The molecule has 0 saturated carbocycles. The van der Waals surface area contributed by atoms with E-state index in [1.54, 1.807) is 33.7 Å². The van der Waals surface area contributed by atoms with E-state index in [4.69, 9.17) is 32.4 Å². The van der Waals surface area contributed by atoms with Crippen molar-refractivity contribution >= 4 is 134 Å². The van der Waals surface area contributed by atoms with Crippen LogP contribution in [0.5, 0.6) is 0 Å². The molecule has 5 atom stereocenters. The van der Waals surface area contributed by atoms with Gasteiger partial charge in [-0.2, -0.15) is 0 Å². The van der Waals surface area contributed by atoms with Gasteiger partial charge >= 0.3 is 24.2 Å². The minimum Gasteiger partial charge on any atom is -0.448 e. The van der Waals surface area contributed by atoms with Gasteiger partial charge in [-0.15, -0.1) is 0 Å². The largest absolute Gasteiger partial charge is 0.448 e. The summed E-state index contributed by atoms with van der Waals surface area (Å²) in [4.78, 5) is 125. The van der Waals surface area contributed by atoms with Crippen LogP contribution in [0.4, 0.5) is 19.2 Å². The second-order valence-corrected chi connectivity index (χ2v) is 35.8. The van der Waals surface area contributed by atoms with Crippen LogP contribution in [-0.4, -0.2) is 235 Å². The summed E-state index contributed by atoms with van der Waals surface area (Å²) in [5, 5.41) is 27.3. The number of nitrogens with two attached hydrogens (primary N) is 4. The Hall–Kier alpha value is -15.4. The van der Waals surface area contributed by atoms with Crippen LogP contribution in [0.3, 0.4) is 0 Å². The fourth-order valence-electron chi connectivity index (χ4n) is 18.7. The molecule has 3 aromatic heterocycles. The molecule has 2 fully saturated rings. The first kappa shape index (κ1) is 100. The van der Waals surface area contributed by atoms with Crippen LogP contribution in [0, 0.1) is 0 Å². The standard InChI is InChI=1S/C30H35N5O2.C29H31N3O3.C28H31N5O2.C27H30N4O3/c1-2-25(19-24-20-32-27-10-6-5-9-26(24)27)33-29(36)28(35-16-15-34(14-13-31)30(35)37)18-21-11-12-22-7-3-4-8-23(22)17-21;1-32(29(34)35-17-15-30)27(20-22-11-13-24-7-3-5-9-26(24)19-22)28(33)31-16-14-21-10-12-23-6-2-4-8-25(23)18-21;29-12-14-32-15-16-33(28(32)35)26(18-20-9-10-21-5-1-2-6-22(21)17-20)27(34)30-13-11-23-19-31-25-8-4-3-7-24(23)25;1-31(27(33)34-15-13-28)25(17-19-10-11-20-6-2-3-7-21(20)16-19)26(32)29-14-12-22-18-30-24-9-5-4-8-23(22)24/h3-12,17,20,25,28,32H,2,13-16,18-19,31H2,1H3,(H,33,36);2-13,18-19,27H,14-17,20,30H2,1H3,(H,31,33);1-10,17,19,26,31H,11-16,18,29H2,(H,30,34);2-11,16,18,25,30H,12-15,17,28H2,1H3,(H,29,32). The molecule has 0 aliphatic carbocycles. The number of fused-ring (bicyclic) bond motifs is 8. The van der Waals surface area contributed by atoms with Crippen molar-refractivity contribution in [3.63, 3.8) is 0 Å². The molecule has 16 aromatic rings. The van der Waals surface area contributed by atoms with E-state index in [1.165, 1.54) is 42.5 Å². The van der Waals surface area contributed by atoms with E-state index in [0.29, 0.717) is 117 Å². The molecule has 2 aliphatic rings. The number of aromatic nitrogens is 3. The van der Waals surface area contributed by atoms with Gasteiger partial charge in [0.05, 0.1) is 0 Å². The lowest BCUT2D eigenvalue weighted by atomic mass is 9.99. The minimum atomic E-state index is -0.714. The van der Waals surface area contributed by atoms with Gasteiger partial charge < -0.3 is 88.2 Å². The number of likely N-dealkylation sites (N-methyl/N-ethyl adjacent to an activating group) is 2. The highest BCUT2D eigenvalue weighted by Crippen LogP contribution is 2.29. The van der Waals surface area contributed by atoms with Gasteiger partial charge in [0.2, 0.25) is 23.6 Å².